The Morgan fingerprint density at radius 2 is 1.62 bits per heavy atom. The maximum absolute atomic E-state index is 13.0. The summed E-state index contributed by atoms with van der Waals surface area (Å²) < 4.78 is 5.36. The van der Waals surface area contributed by atoms with Gasteiger partial charge in [0.05, 0.1) is 12.5 Å². The molecule has 0 saturated heterocycles. The maximum atomic E-state index is 13.0. The molecule has 0 aromatic rings. The van der Waals surface area contributed by atoms with Crippen molar-refractivity contribution < 1.29 is 14.3 Å². The molecule has 7 unspecified atom stereocenters. The first-order chi connectivity index (χ1) is 13.6. The molecule has 4 bridgehead atoms. The molecule has 4 rings (SSSR count). The number of hydrogen-bond acceptors (Lipinski definition) is 3. The molecular weight excluding hydrogens is 362 g/mol. The van der Waals surface area contributed by atoms with Gasteiger partial charge in [-0.2, -0.15) is 0 Å². The highest BCUT2D eigenvalue weighted by Crippen LogP contribution is 2.71. The largest absolute Gasteiger partial charge is 0.469 e. The highest BCUT2D eigenvalue weighted by atomic mass is 16.5. The van der Waals surface area contributed by atoms with Gasteiger partial charge in [0.1, 0.15) is 0 Å². The van der Waals surface area contributed by atoms with Crippen LogP contribution in [-0.4, -0.2) is 38.0 Å². The average molecular weight is 404 g/mol. The SMILES string of the molecule is COC(=O)C12CCCC(C34CC(C)CC(CC(C(=O)N(C)C)C3)C4)(CC(C)C1)C2. The summed E-state index contributed by atoms with van der Waals surface area (Å²) in [7, 11) is 5.38. The minimum Gasteiger partial charge on any atom is -0.469 e. The van der Waals surface area contributed by atoms with E-state index in [1.807, 2.05) is 19.0 Å². The number of carbonyl (C=O) groups excluding carboxylic acids is 2. The zero-order valence-corrected chi connectivity index (χ0v) is 19.3. The highest BCUT2D eigenvalue weighted by molar-refractivity contribution is 5.79. The quantitative estimate of drug-likeness (QED) is 0.619. The van der Waals surface area contributed by atoms with Crippen LogP contribution in [0.25, 0.3) is 0 Å². The summed E-state index contributed by atoms with van der Waals surface area (Å²) in [5.41, 5.74) is 0.141. The molecule has 0 heterocycles. The lowest BCUT2D eigenvalue weighted by molar-refractivity contribution is -0.190. The molecule has 4 aliphatic rings. The van der Waals surface area contributed by atoms with Crippen molar-refractivity contribution in [2.75, 3.05) is 21.2 Å². The van der Waals surface area contributed by atoms with E-state index in [-0.39, 0.29) is 28.1 Å². The Balaban J connectivity index is 1.74. The number of ether oxygens (including phenoxy) is 1. The Hall–Kier alpha value is -1.06. The standard InChI is InChI=1S/C25H41NO3/c1-17-9-19-10-20(21(27)26(3)4)15-25(12-17,14-19)24-8-6-7-23(16-24,22(28)29-5)11-18(2)13-24/h17-20H,6-16H2,1-5H3. The molecule has 0 radical (unpaired) electrons. The highest BCUT2D eigenvalue weighted by Gasteiger charge is 2.64. The first-order valence-corrected chi connectivity index (χ1v) is 11.9. The summed E-state index contributed by atoms with van der Waals surface area (Å²) in [5, 5.41) is 0. The van der Waals surface area contributed by atoms with E-state index in [0.29, 0.717) is 17.7 Å². The minimum absolute atomic E-state index is 0.0293. The number of carbonyl (C=O) groups is 2. The van der Waals surface area contributed by atoms with Crippen molar-refractivity contribution in [3.8, 4) is 0 Å². The van der Waals surface area contributed by atoms with Crippen LogP contribution in [0.4, 0.5) is 0 Å². The third-order valence-corrected chi connectivity index (χ3v) is 9.41. The monoisotopic (exact) mass is 403 g/mol. The van der Waals surface area contributed by atoms with Crippen molar-refractivity contribution in [3.05, 3.63) is 0 Å². The van der Waals surface area contributed by atoms with Gasteiger partial charge in [-0.05, 0) is 92.8 Å². The first-order valence-electron chi connectivity index (χ1n) is 11.9. The van der Waals surface area contributed by atoms with Crippen LogP contribution in [0, 0.1) is 39.9 Å². The zero-order chi connectivity index (χ0) is 21.0. The molecule has 4 saturated carbocycles. The van der Waals surface area contributed by atoms with Crippen molar-refractivity contribution in [2.45, 2.75) is 84.5 Å². The van der Waals surface area contributed by atoms with Gasteiger partial charge >= 0.3 is 5.97 Å². The molecule has 1 amide bonds. The summed E-state index contributed by atoms with van der Waals surface area (Å²) >= 11 is 0. The Kier molecular flexibility index (Phi) is 5.31. The number of hydrogen-bond donors (Lipinski definition) is 0. The van der Waals surface area contributed by atoms with E-state index in [1.54, 1.807) is 7.11 Å². The average Bonchev–Trinajstić information content (AvgIpc) is 2.64. The molecule has 7 atom stereocenters. The number of methoxy groups -OCH3 is 1. The first kappa shape index (κ1) is 21.2. The molecule has 0 spiro atoms. The molecule has 0 aromatic carbocycles. The van der Waals surface area contributed by atoms with E-state index in [4.69, 9.17) is 4.74 Å². The molecule has 0 N–H and O–H groups in total. The van der Waals surface area contributed by atoms with Gasteiger partial charge in [0, 0.05) is 20.0 Å². The van der Waals surface area contributed by atoms with E-state index in [0.717, 1.165) is 44.4 Å². The van der Waals surface area contributed by atoms with Crippen LogP contribution in [0.15, 0.2) is 0 Å². The number of rotatable bonds is 3. The topological polar surface area (TPSA) is 46.6 Å². The van der Waals surface area contributed by atoms with E-state index in [1.165, 1.54) is 32.1 Å². The zero-order valence-electron chi connectivity index (χ0n) is 19.3. The molecule has 164 valence electrons. The molecule has 4 aliphatic carbocycles. The normalized spacial score (nSPS) is 46.7. The van der Waals surface area contributed by atoms with Crippen LogP contribution < -0.4 is 0 Å². The van der Waals surface area contributed by atoms with Crippen molar-refractivity contribution >= 4 is 11.9 Å². The summed E-state index contributed by atoms with van der Waals surface area (Å²) in [5.74, 6) is 2.47. The Morgan fingerprint density at radius 3 is 2.31 bits per heavy atom. The summed E-state index contributed by atoms with van der Waals surface area (Å²) in [6, 6.07) is 0. The summed E-state index contributed by atoms with van der Waals surface area (Å²) in [4.78, 5) is 27.8. The molecule has 4 nitrogen and oxygen atoms in total. The summed E-state index contributed by atoms with van der Waals surface area (Å²) in [6.07, 6.45) is 12.5. The molecule has 4 heteroatoms. The fourth-order valence-electron chi connectivity index (χ4n) is 9.03. The van der Waals surface area contributed by atoms with Crippen LogP contribution >= 0.6 is 0 Å². The lowest BCUT2D eigenvalue weighted by Crippen LogP contribution is -2.59. The lowest BCUT2D eigenvalue weighted by Gasteiger charge is -2.66. The number of esters is 1. The van der Waals surface area contributed by atoms with Crippen LogP contribution in [0.5, 0.6) is 0 Å². The van der Waals surface area contributed by atoms with Gasteiger partial charge in [-0.15, -0.1) is 0 Å². The van der Waals surface area contributed by atoms with Crippen molar-refractivity contribution in [1.82, 2.24) is 4.90 Å². The Labute approximate surface area is 177 Å². The Bertz CT molecular complexity index is 671. The van der Waals surface area contributed by atoms with E-state index in [9.17, 15) is 9.59 Å². The predicted octanol–water partition coefficient (Wildman–Crippen LogP) is 5.06. The number of nitrogens with zero attached hydrogens (tertiary/aromatic N) is 1. The van der Waals surface area contributed by atoms with Gasteiger partial charge in [0.25, 0.3) is 0 Å². The predicted molar refractivity (Wildman–Crippen MR) is 114 cm³/mol. The van der Waals surface area contributed by atoms with Crippen LogP contribution in [0.3, 0.4) is 0 Å². The van der Waals surface area contributed by atoms with Gasteiger partial charge in [-0.3, -0.25) is 9.59 Å². The third kappa shape index (κ3) is 3.33. The second-order valence-corrected chi connectivity index (χ2v) is 11.9. The van der Waals surface area contributed by atoms with Crippen LogP contribution in [0.1, 0.15) is 84.5 Å². The molecule has 4 fully saturated rings. The summed E-state index contributed by atoms with van der Waals surface area (Å²) in [6.45, 7) is 4.77. The molecular formula is C25H41NO3. The molecule has 0 aliphatic heterocycles. The van der Waals surface area contributed by atoms with Crippen LogP contribution in [0.2, 0.25) is 0 Å². The van der Waals surface area contributed by atoms with Gasteiger partial charge in [0.2, 0.25) is 5.91 Å². The molecule has 29 heavy (non-hydrogen) atoms. The van der Waals surface area contributed by atoms with Crippen LogP contribution in [-0.2, 0) is 14.3 Å². The fourth-order valence-corrected chi connectivity index (χ4v) is 9.03. The van der Waals surface area contributed by atoms with E-state index in [2.05, 4.69) is 13.8 Å². The second-order valence-electron chi connectivity index (χ2n) is 11.9. The maximum Gasteiger partial charge on any atom is 0.311 e. The lowest BCUT2D eigenvalue weighted by atomic mass is 9.38. The van der Waals surface area contributed by atoms with Gasteiger partial charge in [0.15, 0.2) is 0 Å². The van der Waals surface area contributed by atoms with Crippen molar-refractivity contribution in [2.24, 2.45) is 39.9 Å². The smallest absolute Gasteiger partial charge is 0.311 e. The number of fused-ring (bicyclic) bond motifs is 5. The molecule has 0 aromatic heterocycles. The fraction of sp³-hybridized carbons (Fsp3) is 0.920. The second kappa shape index (κ2) is 7.27. The van der Waals surface area contributed by atoms with Gasteiger partial charge < -0.3 is 9.64 Å². The van der Waals surface area contributed by atoms with E-state index >= 15 is 0 Å². The third-order valence-electron chi connectivity index (χ3n) is 9.41. The van der Waals surface area contributed by atoms with Crippen molar-refractivity contribution in [3.63, 3.8) is 0 Å². The Morgan fingerprint density at radius 1 is 0.897 bits per heavy atom. The van der Waals surface area contributed by atoms with Gasteiger partial charge in [-0.25, -0.2) is 0 Å². The van der Waals surface area contributed by atoms with Crippen molar-refractivity contribution in [1.29, 1.82) is 0 Å². The van der Waals surface area contributed by atoms with E-state index < -0.39 is 0 Å². The van der Waals surface area contributed by atoms with Gasteiger partial charge in [-0.1, -0.05) is 20.3 Å². The minimum atomic E-state index is -0.284. The number of amides is 1.